The molecule has 0 unspecified atom stereocenters. The summed E-state index contributed by atoms with van der Waals surface area (Å²) in [5.41, 5.74) is 0. The molecule has 96 valence electrons. The Labute approximate surface area is 122 Å². The molecule has 0 saturated carbocycles. The van der Waals surface area contributed by atoms with Gasteiger partial charge in [-0.15, -0.1) is 24.0 Å². The van der Waals surface area contributed by atoms with E-state index in [4.69, 9.17) is 9.47 Å². The number of hydrogen-bond donors (Lipinski definition) is 1. The first-order valence-electron chi connectivity index (χ1n) is 5.17. The fourth-order valence-corrected chi connectivity index (χ4v) is 3.35. The quantitative estimate of drug-likeness (QED) is 0.522. The molecule has 0 fully saturated rings. The summed E-state index contributed by atoms with van der Waals surface area (Å²) in [5, 5.41) is 0.870. The van der Waals surface area contributed by atoms with Crippen LogP contribution in [0, 0.1) is 0 Å². The third kappa shape index (κ3) is 2.62. The summed E-state index contributed by atoms with van der Waals surface area (Å²) in [7, 11) is 0. The SMILES string of the molecule is CCOC(=O)c1sc2nc(OCS)ccc2c1Br. The third-order valence-electron chi connectivity index (χ3n) is 2.14. The second-order valence-corrected chi connectivity index (χ2v) is 5.29. The average Bonchev–Trinajstić information content (AvgIpc) is 2.67. The van der Waals surface area contributed by atoms with Crippen molar-refractivity contribution in [2.24, 2.45) is 0 Å². The van der Waals surface area contributed by atoms with Crippen LogP contribution in [0.25, 0.3) is 10.2 Å². The number of carbonyl (C=O) groups excluding carboxylic acids is 1. The molecule has 2 rings (SSSR count). The molecule has 2 aromatic heterocycles. The molecule has 0 spiro atoms. The molecule has 0 bridgehead atoms. The highest BCUT2D eigenvalue weighted by molar-refractivity contribution is 9.10. The highest BCUT2D eigenvalue weighted by Gasteiger charge is 2.18. The fourth-order valence-electron chi connectivity index (χ4n) is 1.41. The van der Waals surface area contributed by atoms with Gasteiger partial charge in [0.1, 0.15) is 15.6 Å². The van der Waals surface area contributed by atoms with Gasteiger partial charge in [-0.25, -0.2) is 9.78 Å². The van der Waals surface area contributed by atoms with Gasteiger partial charge in [0.25, 0.3) is 0 Å². The third-order valence-corrected chi connectivity index (χ3v) is 4.44. The van der Waals surface area contributed by atoms with Crippen LogP contribution in [-0.4, -0.2) is 23.5 Å². The van der Waals surface area contributed by atoms with Gasteiger partial charge in [0, 0.05) is 11.5 Å². The highest BCUT2D eigenvalue weighted by atomic mass is 79.9. The zero-order chi connectivity index (χ0) is 13.1. The van der Waals surface area contributed by atoms with E-state index < -0.39 is 0 Å². The Morgan fingerprint density at radius 2 is 2.33 bits per heavy atom. The lowest BCUT2D eigenvalue weighted by Gasteiger charge is -1.99. The molecule has 0 amide bonds. The van der Waals surface area contributed by atoms with Crippen molar-refractivity contribution in [2.45, 2.75) is 6.92 Å². The second-order valence-electron chi connectivity index (χ2n) is 3.24. The van der Waals surface area contributed by atoms with Crippen molar-refractivity contribution in [1.29, 1.82) is 0 Å². The lowest BCUT2D eigenvalue weighted by atomic mass is 10.3. The summed E-state index contributed by atoms with van der Waals surface area (Å²) in [6, 6.07) is 3.59. The Kier molecular flexibility index (Phi) is 4.47. The average molecular weight is 348 g/mol. The van der Waals surface area contributed by atoms with Crippen LogP contribution >= 0.6 is 39.9 Å². The zero-order valence-electron chi connectivity index (χ0n) is 9.47. The molecular formula is C11H10BrNO3S2. The van der Waals surface area contributed by atoms with Crippen LogP contribution in [0.2, 0.25) is 0 Å². The van der Waals surface area contributed by atoms with Crippen LogP contribution in [0.1, 0.15) is 16.6 Å². The van der Waals surface area contributed by atoms with Crippen molar-refractivity contribution in [3.8, 4) is 5.88 Å². The number of aromatic nitrogens is 1. The molecule has 0 aromatic carbocycles. The van der Waals surface area contributed by atoms with Gasteiger partial charge in [-0.3, -0.25) is 0 Å². The maximum Gasteiger partial charge on any atom is 0.349 e. The second kappa shape index (κ2) is 5.90. The first-order valence-corrected chi connectivity index (χ1v) is 7.41. The monoisotopic (exact) mass is 347 g/mol. The molecule has 0 saturated heterocycles. The van der Waals surface area contributed by atoms with Crippen molar-refractivity contribution < 1.29 is 14.3 Å². The zero-order valence-corrected chi connectivity index (χ0v) is 12.8. The number of pyridine rings is 1. The van der Waals surface area contributed by atoms with Gasteiger partial charge in [0.05, 0.1) is 11.1 Å². The van der Waals surface area contributed by atoms with Crippen molar-refractivity contribution in [3.63, 3.8) is 0 Å². The standard InChI is InChI=1S/C11H10BrNO3S2/c1-2-15-11(14)9-8(12)6-3-4-7(16-5-17)13-10(6)18-9/h3-4,17H,2,5H2,1H3. The predicted octanol–water partition coefficient (Wildman–Crippen LogP) is 3.50. The number of carbonyl (C=O) groups is 1. The van der Waals surface area contributed by atoms with Crippen LogP contribution in [-0.2, 0) is 4.74 Å². The van der Waals surface area contributed by atoms with E-state index >= 15 is 0 Å². The molecule has 2 heterocycles. The molecule has 0 aliphatic heterocycles. The summed E-state index contributed by atoms with van der Waals surface area (Å²) in [5.74, 6) is 0.404. The molecule has 0 N–H and O–H groups in total. The van der Waals surface area contributed by atoms with Crippen LogP contribution in [0.4, 0.5) is 0 Å². The Morgan fingerprint density at radius 3 is 3.00 bits per heavy atom. The van der Waals surface area contributed by atoms with Crippen LogP contribution < -0.4 is 4.74 Å². The molecule has 2 aromatic rings. The topological polar surface area (TPSA) is 48.4 Å². The molecule has 0 radical (unpaired) electrons. The van der Waals surface area contributed by atoms with E-state index in [1.165, 1.54) is 11.3 Å². The molecule has 0 aliphatic rings. The normalized spacial score (nSPS) is 10.6. The van der Waals surface area contributed by atoms with Crippen molar-refractivity contribution in [3.05, 3.63) is 21.5 Å². The number of nitrogens with zero attached hydrogens (tertiary/aromatic N) is 1. The van der Waals surface area contributed by atoms with Crippen molar-refractivity contribution in [1.82, 2.24) is 4.98 Å². The summed E-state index contributed by atoms with van der Waals surface area (Å²) in [4.78, 5) is 17.3. The van der Waals surface area contributed by atoms with Gasteiger partial charge in [-0.05, 0) is 28.9 Å². The minimum atomic E-state index is -0.343. The summed E-state index contributed by atoms with van der Waals surface area (Å²) < 4.78 is 10.9. The minimum absolute atomic E-state index is 0.260. The first kappa shape index (κ1) is 13.6. The van der Waals surface area contributed by atoms with E-state index in [0.717, 1.165) is 10.2 Å². The fraction of sp³-hybridized carbons (Fsp3) is 0.273. The van der Waals surface area contributed by atoms with Crippen LogP contribution in [0.15, 0.2) is 16.6 Å². The lowest BCUT2D eigenvalue weighted by molar-refractivity contribution is 0.0531. The van der Waals surface area contributed by atoms with Gasteiger partial charge in [0.2, 0.25) is 5.88 Å². The number of fused-ring (bicyclic) bond motifs is 1. The minimum Gasteiger partial charge on any atom is -0.467 e. The van der Waals surface area contributed by atoms with E-state index in [1.807, 2.05) is 6.07 Å². The van der Waals surface area contributed by atoms with E-state index in [9.17, 15) is 4.79 Å². The summed E-state index contributed by atoms with van der Waals surface area (Å²) in [6.45, 7) is 2.12. The summed E-state index contributed by atoms with van der Waals surface area (Å²) >= 11 is 8.64. The lowest BCUT2D eigenvalue weighted by Crippen LogP contribution is -2.02. The van der Waals surface area contributed by atoms with Crippen LogP contribution in [0.5, 0.6) is 5.88 Å². The van der Waals surface area contributed by atoms with Gasteiger partial charge in [-0.1, -0.05) is 0 Å². The van der Waals surface area contributed by atoms with E-state index in [2.05, 4.69) is 33.5 Å². The Bertz CT molecular complexity index is 585. The Morgan fingerprint density at radius 1 is 1.56 bits per heavy atom. The van der Waals surface area contributed by atoms with Gasteiger partial charge < -0.3 is 9.47 Å². The van der Waals surface area contributed by atoms with Crippen molar-refractivity contribution in [2.75, 3.05) is 12.5 Å². The molecule has 4 nitrogen and oxygen atoms in total. The van der Waals surface area contributed by atoms with Gasteiger partial charge >= 0.3 is 5.97 Å². The molecule has 0 atom stereocenters. The Hall–Kier alpha value is -0.790. The maximum absolute atomic E-state index is 11.7. The number of halogens is 1. The number of ether oxygens (including phenoxy) is 2. The molecular weight excluding hydrogens is 338 g/mol. The van der Waals surface area contributed by atoms with E-state index in [0.29, 0.717) is 21.8 Å². The number of hydrogen-bond acceptors (Lipinski definition) is 6. The van der Waals surface area contributed by atoms with E-state index in [1.54, 1.807) is 13.0 Å². The van der Waals surface area contributed by atoms with Gasteiger partial charge in [-0.2, -0.15) is 0 Å². The van der Waals surface area contributed by atoms with Crippen LogP contribution in [0.3, 0.4) is 0 Å². The number of esters is 1. The maximum atomic E-state index is 11.7. The number of rotatable bonds is 4. The van der Waals surface area contributed by atoms with Gasteiger partial charge in [0.15, 0.2) is 0 Å². The molecule has 18 heavy (non-hydrogen) atoms. The number of thiophene rings is 1. The van der Waals surface area contributed by atoms with E-state index in [-0.39, 0.29) is 11.9 Å². The largest absolute Gasteiger partial charge is 0.467 e. The number of thiol groups is 1. The Balaban J connectivity index is 2.45. The predicted molar refractivity (Wildman–Crippen MR) is 77.8 cm³/mol. The van der Waals surface area contributed by atoms with Crippen molar-refractivity contribution >= 4 is 56.1 Å². The highest BCUT2D eigenvalue weighted by Crippen LogP contribution is 2.36. The molecule has 0 aliphatic carbocycles. The molecule has 7 heteroatoms. The first-order chi connectivity index (χ1) is 8.67. The smallest absolute Gasteiger partial charge is 0.349 e. The summed E-state index contributed by atoms with van der Waals surface area (Å²) in [6.07, 6.45) is 0.